The zero-order chi connectivity index (χ0) is 12.9. The minimum atomic E-state index is 0.156. The van der Waals surface area contributed by atoms with Crippen molar-refractivity contribution >= 4 is 0 Å². The lowest BCUT2D eigenvalue weighted by atomic mass is 9.86. The highest BCUT2D eigenvalue weighted by Crippen LogP contribution is 2.24. The Kier molecular flexibility index (Phi) is 4.95. The van der Waals surface area contributed by atoms with Crippen LogP contribution >= 0.6 is 0 Å². The standard InChI is InChI=1S/C16H25N/c1-5-6-7-8-15(17)13-9-11-14(12-10-13)16(2,3)4/h5,9-12,15H,1,6-8,17H2,2-4H3. The fourth-order valence-electron chi connectivity index (χ4n) is 1.88. The van der Waals surface area contributed by atoms with Crippen molar-refractivity contribution in [2.45, 2.75) is 51.5 Å². The fraction of sp³-hybridized carbons (Fsp3) is 0.500. The maximum atomic E-state index is 6.16. The van der Waals surface area contributed by atoms with Crippen LogP contribution in [0.5, 0.6) is 0 Å². The van der Waals surface area contributed by atoms with Crippen molar-refractivity contribution in [2.24, 2.45) is 5.73 Å². The van der Waals surface area contributed by atoms with Gasteiger partial charge >= 0.3 is 0 Å². The molecule has 0 saturated heterocycles. The van der Waals surface area contributed by atoms with Crippen LogP contribution in [-0.2, 0) is 5.41 Å². The molecule has 1 aromatic rings. The van der Waals surface area contributed by atoms with Crippen LogP contribution in [-0.4, -0.2) is 0 Å². The maximum absolute atomic E-state index is 6.16. The van der Waals surface area contributed by atoms with E-state index in [1.165, 1.54) is 11.1 Å². The van der Waals surface area contributed by atoms with Gasteiger partial charge in [-0.25, -0.2) is 0 Å². The number of unbranched alkanes of at least 4 members (excludes halogenated alkanes) is 1. The smallest absolute Gasteiger partial charge is 0.0294 e. The van der Waals surface area contributed by atoms with Crippen molar-refractivity contribution in [3.63, 3.8) is 0 Å². The second-order valence-electron chi connectivity index (χ2n) is 5.70. The average molecular weight is 231 g/mol. The average Bonchev–Trinajstić information content (AvgIpc) is 2.28. The van der Waals surface area contributed by atoms with E-state index >= 15 is 0 Å². The zero-order valence-electron chi connectivity index (χ0n) is 11.4. The quantitative estimate of drug-likeness (QED) is 0.592. The number of hydrogen-bond donors (Lipinski definition) is 1. The molecular weight excluding hydrogens is 206 g/mol. The van der Waals surface area contributed by atoms with Crippen molar-refractivity contribution in [1.82, 2.24) is 0 Å². The van der Waals surface area contributed by atoms with E-state index in [0.29, 0.717) is 0 Å². The molecule has 0 radical (unpaired) electrons. The summed E-state index contributed by atoms with van der Waals surface area (Å²) >= 11 is 0. The zero-order valence-corrected chi connectivity index (χ0v) is 11.4. The minimum Gasteiger partial charge on any atom is -0.324 e. The monoisotopic (exact) mass is 231 g/mol. The first-order chi connectivity index (χ1) is 7.95. The van der Waals surface area contributed by atoms with Crippen LogP contribution in [0.25, 0.3) is 0 Å². The summed E-state index contributed by atoms with van der Waals surface area (Å²) in [6.45, 7) is 10.4. The van der Waals surface area contributed by atoms with E-state index in [1.54, 1.807) is 0 Å². The van der Waals surface area contributed by atoms with E-state index in [1.807, 2.05) is 6.08 Å². The molecule has 1 heteroatoms. The van der Waals surface area contributed by atoms with Gasteiger partial charge in [0.1, 0.15) is 0 Å². The lowest BCUT2D eigenvalue weighted by Gasteiger charge is -2.20. The molecule has 1 atom stereocenters. The second-order valence-corrected chi connectivity index (χ2v) is 5.70. The molecule has 1 nitrogen and oxygen atoms in total. The molecule has 2 N–H and O–H groups in total. The van der Waals surface area contributed by atoms with E-state index in [2.05, 4.69) is 51.6 Å². The summed E-state index contributed by atoms with van der Waals surface area (Å²) in [4.78, 5) is 0. The first-order valence-electron chi connectivity index (χ1n) is 6.42. The van der Waals surface area contributed by atoms with Crippen molar-refractivity contribution in [1.29, 1.82) is 0 Å². The van der Waals surface area contributed by atoms with E-state index in [9.17, 15) is 0 Å². The fourth-order valence-corrected chi connectivity index (χ4v) is 1.88. The predicted octanol–water partition coefficient (Wildman–Crippen LogP) is 4.34. The maximum Gasteiger partial charge on any atom is 0.0294 e. The van der Waals surface area contributed by atoms with Gasteiger partial charge in [0.05, 0.1) is 0 Å². The van der Waals surface area contributed by atoms with Gasteiger partial charge in [0.15, 0.2) is 0 Å². The van der Waals surface area contributed by atoms with Gasteiger partial charge in [-0.3, -0.25) is 0 Å². The molecule has 0 heterocycles. The molecule has 0 bridgehead atoms. The first kappa shape index (κ1) is 14.0. The topological polar surface area (TPSA) is 26.0 Å². The Morgan fingerprint density at radius 2 is 1.82 bits per heavy atom. The SMILES string of the molecule is C=CCCCC(N)c1ccc(C(C)(C)C)cc1. The Labute approximate surface area is 106 Å². The van der Waals surface area contributed by atoms with Crippen LogP contribution in [0.3, 0.4) is 0 Å². The van der Waals surface area contributed by atoms with Crippen LogP contribution < -0.4 is 5.73 Å². The van der Waals surface area contributed by atoms with Gasteiger partial charge in [0.2, 0.25) is 0 Å². The second kappa shape index (κ2) is 6.02. The van der Waals surface area contributed by atoms with E-state index < -0.39 is 0 Å². The highest BCUT2D eigenvalue weighted by atomic mass is 14.6. The van der Waals surface area contributed by atoms with Crippen LogP contribution in [0.1, 0.15) is 57.2 Å². The number of benzene rings is 1. The summed E-state index contributed by atoms with van der Waals surface area (Å²) in [5.41, 5.74) is 8.97. The number of nitrogens with two attached hydrogens (primary N) is 1. The van der Waals surface area contributed by atoms with Gasteiger partial charge in [0.25, 0.3) is 0 Å². The Balaban J connectivity index is 2.64. The molecule has 0 fully saturated rings. The van der Waals surface area contributed by atoms with Crippen molar-refractivity contribution in [2.75, 3.05) is 0 Å². The van der Waals surface area contributed by atoms with Crippen LogP contribution in [0, 0.1) is 0 Å². The third-order valence-electron chi connectivity index (χ3n) is 3.13. The third kappa shape index (κ3) is 4.35. The molecule has 0 amide bonds. The van der Waals surface area contributed by atoms with E-state index in [-0.39, 0.29) is 11.5 Å². The van der Waals surface area contributed by atoms with Gasteiger partial charge in [-0.2, -0.15) is 0 Å². The summed E-state index contributed by atoms with van der Waals surface area (Å²) < 4.78 is 0. The number of allylic oxidation sites excluding steroid dienone is 1. The molecular formula is C16H25N. The Hall–Kier alpha value is -1.08. The molecule has 1 unspecified atom stereocenters. The lowest BCUT2D eigenvalue weighted by Crippen LogP contribution is -2.13. The highest BCUT2D eigenvalue weighted by molar-refractivity contribution is 5.29. The minimum absolute atomic E-state index is 0.156. The summed E-state index contributed by atoms with van der Waals surface area (Å²) in [6, 6.07) is 8.88. The molecule has 0 aliphatic rings. The highest BCUT2D eigenvalue weighted by Gasteiger charge is 2.13. The third-order valence-corrected chi connectivity index (χ3v) is 3.13. The van der Waals surface area contributed by atoms with Crippen molar-refractivity contribution in [3.8, 4) is 0 Å². The van der Waals surface area contributed by atoms with Gasteiger partial charge in [-0.05, 0) is 35.8 Å². The molecule has 0 aliphatic heterocycles. The number of rotatable bonds is 5. The first-order valence-corrected chi connectivity index (χ1v) is 6.42. The Morgan fingerprint density at radius 3 is 2.29 bits per heavy atom. The summed E-state index contributed by atoms with van der Waals surface area (Å²) in [5.74, 6) is 0. The van der Waals surface area contributed by atoms with Crippen LogP contribution in [0.15, 0.2) is 36.9 Å². The van der Waals surface area contributed by atoms with Gasteiger partial charge < -0.3 is 5.73 Å². The predicted molar refractivity (Wildman–Crippen MR) is 76.1 cm³/mol. The Bertz CT molecular complexity index is 343. The molecule has 0 aliphatic carbocycles. The van der Waals surface area contributed by atoms with Crippen LogP contribution in [0.4, 0.5) is 0 Å². The Morgan fingerprint density at radius 1 is 1.24 bits per heavy atom. The van der Waals surface area contributed by atoms with E-state index in [4.69, 9.17) is 5.73 Å². The molecule has 0 saturated carbocycles. The van der Waals surface area contributed by atoms with Crippen molar-refractivity contribution < 1.29 is 0 Å². The van der Waals surface area contributed by atoms with Crippen molar-refractivity contribution in [3.05, 3.63) is 48.0 Å². The van der Waals surface area contributed by atoms with E-state index in [0.717, 1.165) is 19.3 Å². The normalized spacial score (nSPS) is 13.4. The molecule has 17 heavy (non-hydrogen) atoms. The number of hydrogen-bond acceptors (Lipinski definition) is 1. The molecule has 0 aromatic heterocycles. The lowest BCUT2D eigenvalue weighted by molar-refractivity contribution is 0.586. The summed E-state index contributed by atoms with van der Waals surface area (Å²) in [6.07, 6.45) is 5.15. The summed E-state index contributed by atoms with van der Waals surface area (Å²) in [5, 5.41) is 0. The van der Waals surface area contributed by atoms with Gasteiger partial charge in [0, 0.05) is 6.04 Å². The molecule has 0 spiro atoms. The molecule has 94 valence electrons. The largest absolute Gasteiger partial charge is 0.324 e. The molecule has 1 aromatic carbocycles. The summed E-state index contributed by atoms with van der Waals surface area (Å²) in [7, 11) is 0. The molecule has 1 rings (SSSR count). The van der Waals surface area contributed by atoms with Gasteiger partial charge in [-0.1, -0.05) is 51.1 Å². The van der Waals surface area contributed by atoms with Gasteiger partial charge in [-0.15, -0.1) is 6.58 Å². The van der Waals surface area contributed by atoms with Crippen LogP contribution in [0.2, 0.25) is 0 Å².